The summed E-state index contributed by atoms with van der Waals surface area (Å²) in [5, 5.41) is 13.7. The number of phenolic OH excluding ortho intramolecular Hbond substituents is 1. The van der Waals surface area contributed by atoms with E-state index in [-0.39, 0.29) is 32.6 Å². The van der Waals surface area contributed by atoms with Gasteiger partial charge in [0.15, 0.2) is 5.75 Å². The van der Waals surface area contributed by atoms with Crippen molar-refractivity contribution in [1.82, 2.24) is 10.3 Å². The van der Waals surface area contributed by atoms with Crippen LogP contribution in [0.4, 0.5) is 23.7 Å². The molecule has 0 spiro atoms. The number of anilines is 1. The van der Waals surface area contributed by atoms with E-state index in [4.69, 9.17) is 46.4 Å². The second-order valence-corrected chi connectivity index (χ2v) is 7.98. The number of hydrogen-bond acceptors (Lipinski definition) is 4. The summed E-state index contributed by atoms with van der Waals surface area (Å²) in [7, 11) is 0. The topological polar surface area (TPSA) is 91.3 Å². The maximum Gasteiger partial charge on any atom is 0.417 e. The zero-order valence-electron chi connectivity index (χ0n) is 15.9. The van der Waals surface area contributed by atoms with Crippen molar-refractivity contribution in [3.05, 3.63) is 73.8 Å². The third-order valence-corrected chi connectivity index (χ3v) is 5.48. The number of rotatable bonds is 3. The molecule has 33 heavy (non-hydrogen) atoms. The Morgan fingerprint density at radius 2 is 1.64 bits per heavy atom. The fourth-order valence-corrected chi connectivity index (χ4v) is 3.78. The summed E-state index contributed by atoms with van der Waals surface area (Å²) in [4.78, 5) is 28.0. The minimum absolute atomic E-state index is 0.0352. The van der Waals surface area contributed by atoms with Gasteiger partial charge in [0.1, 0.15) is 0 Å². The van der Waals surface area contributed by atoms with Gasteiger partial charge in [0.05, 0.1) is 42.6 Å². The van der Waals surface area contributed by atoms with Gasteiger partial charge in [-0.25, -0.2) is 4.79 Å². The SMILES string of the molecule is O=C(NC(=O)c1ccccc1Cl)Nc1cc(Cl)c(-c2ncc(C(F)(F)F)cc2Cl)c(Cl)c1O. The quantitative estimate of drug-likeness (QED) is 0.312. The van der Waals surface area contributed by atoms with Crippen molar-refractivity contribution in [3.63, 3.8) is 0 Å². The normalized spacial score (nSPS) is 11.2. The van der Waals surface area contributed by atoms with Crippen molar-refractivity contribution in [1.29, 1.82) is 0 Å². The van der Waals surface area contributed by atoms with Crippen LogP contribution in [0.1, 0.15) is 15.9 Å². The summed E-state index contributed by atoms with van der Waals surface area (Å²) in [6.45, 7) is 0. The number of aromatic hydroxyl groups is 1. The third kappa shape index (κ3) is 5.44. The first kappa shape index (κ1) is 24.9. The number of hydrogen-bond donors (Lipinski definition) is 3. The number of alkyl halides is 3. The van der Waals surface area contributed by atoms with E-state index in [0.717, 1.165) is 6.07 Å². The molecule has 0 atom stereocenters. The molecule has 0 fully saturated rings. The number of urea groups is 1. The highest BCUT2D eigenvalue weighted by molar-refractivity contribution is 6.42. The molecule has 0 aliphatic heterocycles. The van der Waals surface area contributed by atoms with Gasteiger partial charge in [0.25, 0.3) is 5.91 Å². The number of pyridine rings is 1. The molecule has 6 nitrogen and oxygen atoms in total. The first-order valence-electron chi connectivity index (χ1n) is 8.71. The lowest BCUT2D eigenvalue weighted by molar-refractivity contribution is -0.137. The van der Waals surface area contributed by atoms with Gasteiger partial charge in [0.2, 0.25) is 0 Å². The van der Waals surface area contributed by atoms with Gasteiger partial charge in [-0.05, 0) is 24.3 Å². The lowest BCUT2D eigenvalue weighted by Gasteiger charge is -2.15. The summed E-state index contributed by atoms with van der Waals surface area (Å²) < 4.78 is 38.6. The van der Waals surface area contributed by atoms with Crippen LogP contribution in [0.25, 0.3) is 11.3 Å². The first-order chi connectivity index (χ1) is 15.4. The van der Waals surface area contributed by atoms with E-state index in [9.17, 15) is 27.9 Å². The molecule has 0 radical (unpaired) electrons. The Morgan fingerprint density at radius 1 is 0.970 bits per heavy atom. The van der Waals surface area contributed by atoms with Gasteiger partial charge < -0.3 is 10.4 Å². The van der Waals surface area contributed by atoms with E-state index in [2.05, 4.69) is 10.3 Å². The number of nitrogens with zero attached hydrogens (tertiary/aromatic N) is 1. The summed E-state index contributed by atoms with van der Waals surface area (Å²) in [6.07, 6.45) is -4.14. The van der Waals surface area contributed by atoms with Crippen molar-refractivity contribution >= 4 is 64.0 Å². The average Bonchev–Trinajstić information content (AvgIpc) is 2.72. The maximum absolute atomic E-state index is 12.9. The fourth-order valence-electron chi connectivity index (χ4n) is 2.67. The van der Waals surface area contributed by atoms with Crippen LogP contribution in [0.5, 0.6) is 5.75 Å². The van der Waals surface area contributed by atoms with E-state index in [1.165, 1.54) is 12.1 Å². The van der Waals surface area contributed by atoms with Crippen molar-refractivity contribution in [2.24, 2.45) is 0 Å². The highest BCUT2D eigenvalue weighted by Gasteiger charge is 2.32. The summed E-state index contributed by atoms with van der Waals surface area (Å²) in [5.41, 5.74) is -1.73. The van der Waals surface area contributed by atoms with Crippen molar-refractivity contribution in [2.45, 2.75) is 6.18 Å². The lowest BCUT2D eigenvalue weighted by Crippen LogP contribution is -2.34. The number of halogens is 7. The molecule has 0 bridgehead atoms. The summed E-state index contributed by atoms with van der Waals surface area (Å²) in [5.74, 6) is -1.50. The van der Waals surface area contributed by atoms with Crippen LogP contribution in [0.2, 0.25) is 20.1 Å². The highest BCUT2D eigenvalue weighted by Crippen LogP contribution is 2.46. The van der Waals surface area contributed by atoms with Crippen molar-refractivity contribution in [3.8, 4) is 17.0 Å². The molecule has 0 unspecified atom stereocenters. The van der Waals surface area contributed by atoms with Crippen LogP contribution in [0.3, 0.4) is 0 Å². The zero-order valence-corrected chi connectivity index (χ0v) is 18.9. The van der Waals surface area contributed by atoms with Crippen LogP contribution < -0.4 is 10.6 Å². The monoisotopic (exact) mass is 537 g/mol. The molecule has 3 N–H and O–H groups in total. The average molecular weight is 539 g/mol. The smallest absolute Gasteiger partial charge is 0.417 e. The standard InChI is InChI=1S/C20H10Cl4F3N3O3/c21-10-4-2-1-3-9(10)18(32)30-19(33)29-13-6-11(22)14(15(24)17(13)31)16-12(23)5-8(7-28-16)20(25,26)27/h1-7,31H,(H2,29,30,32,33). The number of carbonyl (C=O) groups excluding carboxylic acids is 2. The van der Waals surface area contributed by atoms with Crippen molar-refractivity contribution in [2.75, 3.05) is 5.32 Å². The highest BCUT2D eigenvalue weighted by atomic mass is 35.5. The Kier molecular flexibility index (Phi) is 7.28. The third-order valence-electron chi connectivity index (χ3n) is 4.19. The lowest BCUT2D eigenvalue weighted by atomic mass is 10.1. The predicted octanol–water partition coefficient (Wildman–Crippen LogP) is 7.05. The van der Waals surface area contributed by atoms with Gasteiger partial charge in [0, 0.05) is 11.8 Å². The number of imide groups is 1. The Bertz CT molecular complexity index is 1270. The molecule has 1 heterocycles. The maximum atomic E-state index is 12.9. The van der Waals surface area contributed by atoms with E-state index in [1.54, 1.807) is 12.1 Å². The molecular formula is C20H10Cl4F3N3O3. The molecule has 0 saturated carbocycles. The van der Waals surface area contributed by atoms with Gasteiger partial charge in [-0.1, -0.05) is 58.5 Å². The zero-order chi connectivity index (χ0) is 24.5. The van der Waals surface area contributed by atoms with E-state index >= 15 is 0 Å². The Morgan fingerprint density at radius 3 is 2.24 bits per heavy atom. The minimum atomic E-state index is -4.67. The van der Waals surface area contributed by atoms with E-state index in [0.29, 0.717) is 12.3 Å². The van der Waals surface area contributed by atoms with Crippen LogP contribution >= 0.6 is 46.4 Å². The molecule has 13 heteroatoms. The van der Waals surface area contributed by atoms with Gasteiger partial charge >= 0.3 is 12.2 Å². The molecule has 0 aliphatic carbocycles. The Labute approximate surface area is 204 Å². The molecular weight excluding hydrogens is 529 g/mol. The Balaban J connectivity index is 1.88. The number of benzene rings is 2. The second kappa shape index (κ2) is 9.64. The molecule has 3 amide bonds. The molecule has 3 aromatic rings. The van der Waals surface area contributed by atoms with Crippen LogP contribution in [0.15, 0.2) is 42.6 Å². The van der Waals surface area contributed by atoms with Crippen molar-refractivity contribution < 1.29 is 27.9 Å². The summed E-state index contributed by atoms with van der Waals surface area (Å²) in [6, 6.07) is 6.65. The number of phenols is 1. The van der Waals surface area contributed by atoms with E-state index in [1.807, 2.05) is 5.32 Å². The Hall–Kier alpha value is -2.72. The number of aromatic nitrogens is 1. The van der Waals surface area contributed by atoms with E-state index < -0.39 is 39.5 Å². The first-order valence-corrected chi connectivity index (χ1v) is 10.2. The molecule has 172 valence electrons. The van der Waals surface area contributed by atoms with Gasteiger partial charge in [-0.3, -0.25) is 15.1 Å². The van der Waals surface area contributed by atoms with Gasteiger partial charge in [-0.15, -0.1) is 0 Å². The second-order valence-electron chi connectivity index (χ2n) is 6.38. The molecule has 1 aromatic heterocycles. The minimum Gasteiger partial charge on any atom is -0.504 e. The summed E-state index contributed by atoms with van der Waals surface area (Å²) >= 11 is 24.1. The molecule has 0 saturated heterocycles. The van der Waals surface area contributed by atoms with Crippen LogP contribution in [-0.4, -0.2) is 22.0 Å². The van der Waals surface area contributed by atoms with Gasteiger partial charge in [-0.2, -0.15) is 13.2 Å². The number of nitrogens with one attached hydrogen (secondary N) is 2. The van der Waals surface area contributed by atoms with Crippen LogP contribution in [-0.2, 0) is 6.18 Å². The number of amides is 3. The molecule has 2 aromatic carbocycles. The number of carbonyl (C=O) groups is 2. The predicted molar refractivity (Wildman–Crippen MR) is 119 cm³/mol. The fraction of sp³-hybridized carbons (Fsp3) is 0.0500. The largest absolute Gasteiger partial charge is 0.504 e. The molecule has 0 aliphatic rings. The molecule has 3 rings (SSSR count). The van der Waals surface area contributed by atoms with Crippen LogP contribution in [0, 0.1) is 0 Å².